The highest BCUT2D eigenvalue weighted by Crippen LogP contribution is 2.42. The molecule has 5 nitrogen and oxygen atoms in total. The van der Waals surface area contributed by atoms with Gasteiger partial charge in [-0.3, -0.25) is 4.79 Å². The van der Waals surface area contributed by atoms with E-state index in [1.807, 2.05) is 30.0 Å². The van der Waals surface area contributed by atoms with E-state index in [4.69, 9.17) is 0 Å². The third kappa shape index (κ3) is 3.79. The number of piperidine rings is 1. The molecule has 0 aliphatic carbocycles. The Morgan fingerprint density at radius 3 is 2.61 bits per heavy atom. The van der Waals surface area contributed by atoms with E-state index in [1.165, 1.54) is 5.56 Å². The molecule has 4 rings (SSSR count). The number of hydrogen-bond acceptors (Lipinski definition) is 4. The van der Waals surface area contributed by atoms with Gasteiger partial charge in [0.05, 0.1) is 0 Å². The van der Waals surface area contributed by atoms with Gasteiger partial charge in [0.1, 0.15) is 12.1 Å². The average Bonchev–Trinajstić information content (AvgIpc) is 3.01. The Hall–Kier alpha value is -2.69. The van der Waals surface area contributed by atoms with E-state index < -0.39 is 0 Å². The minimum absolute atomic E-state index is 0.129. The first-order valence-electron chi connectivity index (χ1n) is 10.1. The van der Waals surface area contributed by atoms with Crippen molar-refractivity contribution in [1.29, 1.82) is 0 Å². The number of carbonyl (C=O) groups excluding carboxylic acids is 1. The van der Waals surface area contributed by atoms with Crippen LogP contribution in [0.15, 0.2) is 42.7 Å². The van der Waals surface area contributed by atoms with Crippen LogP contribution in [0.5, 0.6) is 0 Å². The first kappa shape index (κ1) is 18.7. The van der Waals surface area contributed by atoms with E-state index in [0.717, 1.165) is 49.6 Å². The Morgan fingerprint density at radius 2 is 1.86 bits per heavy atom. The van der Waals surface area contributed by atoms with Crippen LogP contribution in [0.2, 0.25) is 0 Å². The summed E-state index contributed by atoms with van der Waals surface area (Å²) < 4.78 is 0. The summed E-state index contributed by atoms with van der Waals surface area (Å²) in [6.07, 6.45) is 8.62. The Labute approximate surface area is 167 Å². The molecule has 2 aromatic rings. The third-order valence-electron chi connectivity index (χ3n) is 6.27. The fraction of sp³-hybridized carbons (Fsp3) is 0.435. The van der Waals surface area contributed by atoms with Gasteiger partial charge in [0.2, 0.25) is 5.91 Å². The topological polar surface area (TPSA) is 49.3 Å². The molecule has 2 aliphatic rings. The van der Waals surface area contributed by atoms with Crippen molar-refractivity contribution in [2.75, 3.05) is 31.1 Å². The molecule has 2 saturated heterocycles. The monoisotopic (exact) mass is 376 g/mol. The van der Waals surface area contributed by atoms with Gasteiger partial charge in [-0.2, -0.15) is 0 Å². The van der Waals surface area contributed by atoms with Gasteiger partial charge >= 0.3 is 0 Å². The van der Waals surface area contributed by atoms with Crippen LogP contribution in [0, 0.1) is 19.3 Å². The van der Waals surface area contributed by atoms with Crippen molar-refractivity contribution in [2.24, 2.45) is 5.41 Å². The molecular weight excluding hydrogens is 348 g/mol. The SMILES string of the molecule is Cc1ncnc(N2CCC3(CC2)CC(=O)N(C/C=C/c2ccccc2)C3)c1C. The normalized spacial score (nSPS) is 19.1. The van der Waals surface area contributed by atoms with E-state index in [0.29, 0.717) is 18.9 Å². The summed E-state index contributed by atoms with van der Waals surface area (Å²) in [5.74, 6) is 1.34. The van der Waals surface area contributed by atoms with Crippen LogP contribution in [-0.4, -0.2) is 47.0 Å². The number of rotatable bonds is 4. The largest absolute Gasteiger partial charge is 0.356 e. The van der Waals surface area contributed by atoms with Gasteiger partial charge in [-0.15, -0.1) is 0 Å². The zero-order valence-corrected chi connectivity index (χ0v) is 16.8. The average molecular weight is 377 g/mol. The summed E-state index contributed by atoms with van der Waals surface area (Å²) in [5.41, 5.74) is 3.50. The fourth-order valence-electron chi connectivity index (χ4n) is 4.40. The second-order valence-electron chi connectivity index (χ2n) is 8.16. The molecular formula is C23H28N4O. The quantitative estimate of drug-likeness (QED) is 0.818. The second-order valence-corrected chi connectivity index (χ2v) is 8.16. The van der Waals surface area contributed by atoms with Crippen LogP contribution in [0.25, 0.3) is 6.08 Å². The number of nitrogens with zero attached hydrogens (tertiary/aromatic N) is 4. The van der Waals surface area contributed by atoms with Crippen molar-refractivity contribution in [3.8, 4) is 0 Å². The highest BCUT2D eigenvalue weighted by atomic mass is 16.2. The highest BCUT2D eigenvalue weighted by Gasteiger charge is 2.44. The van der Waals surface area contributed by atoms with Gasteiger partial charge < -0.3 is 9.80 Å². The van der Waals surface area contributed by atoms with E-state index in [-0.39, 0.29) is 5.41 Å². The molecule has 1 aromatic heterocycles. The number of anilines is 1. The molecule has 0 atom stereocenters. The molecule has 5 heteroatoms. The predicted octanol–water partition coefficient (Wildman–Crippen LogP) is 3.63. The second kappa shape index (κ2) is 7.74. The van der Waals surface area contributed by atoms with Gasteiger partial charge in [0.25, 0.3) is 0 Å². The first-order chi connectivity index (χ1) is 13.6. The molecule has 0 saturated carbocycles. The van der Waals surface area contributed by atoms with E-state index >= 15 is 0 Å². The number of benzene rings is 1. The van der Waals surface area contributed by atoms with Crippen molar-refractivity contribution in [3.05, 3.63) is 59.6 Å². The van der Waals surface area contributed by atoms with Gasteiger partial charge in [-0.1, -0.05) is 42.5 Å². The molecule has 1 aromatic carbocycles. The summed E-state index contributed by atoms with van der Waals surface area (Å²) >= 11 is 0. The molecule has 0 N–H and O–H groups in total. The minimum atomic E-state index is 0.129. The van der Waals surface area contributed by atoms with Crippen LogP contribution in [-0.2, 0) is 4.79 Å². The summed E-state index contributed by atoms with van der Waals surface area (Å²) in [7, 11) is 0. The highest BCUT2D eigenvalue weighted by molar-refractivity contribution is 5.80. The number of aromatic nitrogens is 2. The Morgan fingerprint density at radius 1 is 1.11 bits per heavy atom. The lowest BCUT2D eigenvalue weighted by Gasteiger charge is -2.39. The zero-order chi connectivity index (χ0) is 19.6. The summed E-state index contributed by atoms with van der Waals surface area (Å²) in [5, 5.41) is 0. The summed E-state index contributed by atoms with van der Waals surface area (Å²) in [6, 6.07) is 10.2. The zero-order valence-electron chi connectivity index (χ0n) is 16.8. The van der Waals surface area contributed by atoms with Crippen molar-refractivity contribution in [3.63, 3.8) is 0 Å². The maximum atomic E-state index is 12.6. The summed E-state index contributed by atoms with van der Waals surface area (Å²) in [6.45, 7) is 7.61. The van der Waals surface area contributed by atoms with E-state index in [1.54, 1.807) is 6.33 Å². The van der Waals surface area contributed by atoms with Crippen molar-refractivity contribution in [1.82, 2.24) is 14.9 Å². The standard InChI is InChI=1S/C23H28N4O/c1-18-19(2)24-17-25-22(18)26-13-10-23(11-14-26)15-21(28)27(16-23)12-6-9-20-7-4-3-5-8-20/h3-9,17H,10-16H2,1-2H3/b9-6+. The Balaban J connectivity index is 1.36. The molecule has 2 aliphatic heterocycles. The smallest absolute Gasteiger partial charge is 0.223 e. The first-order valence-corrected chi connectivity index (χ1v) is 10.1. The van der Waals surface area contributed by atoms with Crippen molar-refractivity contribution >= 4 is 17.8 Å². The maximum Gasteiger partial charge on any atom is 0.223 e. The molecule has 1 amide bonds. The number of hydrogen-bond donors (Lipinski definition) is 0. The van der Waals surface area contributed by atoms with Crippen molar-refractivity contribution in [2.45, 2.75) is 33.1 Å². The Kier molecular flexibility index (Phi) is 5.16. The van der Waals surface area contributed by atoms with Crippen LogP contribution < -0.4 is 4.90 Å². The van der Waals surface area contributed by atoms with Crippen LogP contribution in [0.4, 0.5) is 5.82 Å². The number of carbonyl (C=O) groups is 1. The van der Waals surface area contributed by atoms with Gasteiger partial charge in [-0.25, -0.2) is 9.97 Å². The lowest BCUT2D eigenvalue weighted by atomic mass is 9.77. The molecule has 0 bridgehead atoms. The lowest BCUT2D eigenvalue weighted by molar-refractivity contribution is -0.127. The predicted molar refractivity (Wildman–Crippen MR) is 112 cm³/mol. The van der Waals surface area contributed by atoms with E-state index in [2.05, 4.69) is 46.1 Å². The summed E-state index contributed by atoms with van der Waals surface area (Å²) in [4.78, 5) is 25.8. The number of aryl methyl sites for hydroxylation is 1. The van der Waals surface area contributed by atoms with Gasteiger partial charge in [-0.05, 0) is 32.3 Å². The molecule has 3 heterocycles. The molecule has 2 fully saturated rings. The molecule has 28 heavy (non-hydrogen) atoms. The fourth-order valence-corrected chi connectivity index (χ4v) is 4.40. The molecule has 0 radical (unpaired) electrons. The number of amides is 1. The van der Waals surface area contributed by atoms with Crippen LogP contribution in [0.3, 0.4) is 0 Å². The lowest BCUT2D eigenvalue weighted by Crippen LogP contribution is -2.42. The van der Waals surface area contributed by atoms with Crippen molar-refractivity contribution < 1.29 is 4.79 Å². The van der Waals surface area contributed by atoms with Gasteiger partial charge in [0.15, 0.2) is 0 Å². The van der Waals surface area contributed by atoms with Crippen LogP contribution in [0.1, 0.15) is 36.1 Å². The Bertz CT molecular complexity index is 869. The molecule has 0 unspecified atom stereocenters. The molecule has 1 spiro atoms. The number of likely N-dealkylation sites (tertiary alicyclic amines) is 1. The minimum Gasteiger partial charge on any atom is -0.356 e. The van der Waals surface area contributed by atoms with Gasteiger partial charge in [0, 0.05) is 49.3 Å². The third-order valence-corrected chi connectivity index (χ3v) is 6.27. The maximum absolute atomic E-state index is 12.6. The molecule has 146 valence electrons. The van der Waals surface area contributed by atoms with Crippen LogP contribution >= 0.6 is 0 Å². The van der Waals surface area contributed by atoms with E-state index in [9.17, 15) is 4.79 Å².